The maximum absolute atomic E-state index is 4.77. The van der Waals surface area contributed by atoms with Crippen molar-refractivity contribution in [2.75, 3.05) is 29.9 Å². The average molecular weight is 336 g/mol. The summed E-state index contributed by atoms with van der Waals surface area (Å²) in [6, 6.07) is 8.47. The Bertz CT molecular complexity index is 908. The molecule has 0 aromatic carbocycles. The van der Waals surface area contributed by atoms with E-state index in [0.29, 0.717) is 12.0 Å². The zero-order valence-corrected chi connectivity index (χ0v) is 14.4. The van der Waals surface area contributed by atoms with Gasteiger partial charge in [-0.1, -0.05) is 0 Å². The summed E-state index contributed by atoms with van der Waals surface area (Å²) in [5, 5.41) is 21.7. The van der Waals surface area contributed by atoms with Crippen molar-refractivity contribution in [1.82, 2.24) is 30.0 Å². The number of fused-ring (bicyclic) bond motifs is 1. The Balaban J connectivity index is 1.32. The van der Waals surface area contributed by atoms with Crippen LogP contribution in [0, 0.1) is 6.92 Å². The van der Waals surface area contributed by atoms with Crippen molar-refractivity contribution in [3.63, 3.8) is 0 Å². The van der Waals surface area contributed by atoms with Crippen LogP contribution in [0.2, 0.25) is 0 Å². The molecule has 1 saturated heterocycles. The lowest BCUT2D eigenvalue weighted by molar-refractivity contribution is 0.485. The Morgan fingerprint density at radius 3 is 2.56 bits per heavy atom. The van der Waals surface area contributed by atoms with Gasteiger partial charge in [-0.2, -0.15) is 9.61 Å². The zero-order valence-electron chi connectivity index (χ0n) is 14.4. The fourth-order valence-corrected chi connectivity index (χ4v) is 3.21. The van der Waals surface area contributed by atoms with E-state index in [4.69, 9.17) is 5.10 Å². The van der Waals surface area contributed by atoms with E-state index in [1.165, 1.54) is 12.8 Å². The minimum absolute atomic E-state index is 0.415. The van der Waals surface area contributed by atoms with Crippen LogP contribution in [0.1, 0.15) is 30.3 Å². The van der Waals surface area contributed by atoms with E-state index in [9.17, 15) is 0 Å². The first kappa shape index (κ1) is 14.6. The number of nitrogens with zero attached hydrogens (tertiary/aromatic N) is 8. The number of hydrogen-bond acceptors (Lipinski definition) is 7. The van der Waals surface area contributed by atoms with E-state index >= 15 is 0 Å². The molecule has 0 N–H and O–H groups in total. The molecule has 0 atom stereocenters. The van der Waals surface area contributed by atoms with Gasteiger partial charge in [0.1, 0.15) is 5.82 Å². The van der Waals surface area contributed by atoms with Gasteiger partial charge in [0.15, 0.2) is 17.3 Å². The Kier molecular flexibility index (Phi) is 3.13. The van der Waals surface area contributed by atoms with E-state index < -0.39 is 0 Å². The molecule has 0 radical (unpaired) electrons. The molecule has 0 unspecified atom stereocenters. The summed E-state index contributed by atoms with van der Waals surface area (Å²) in [6.45, 7) is 3.79. The van der Waals surface area contributed by atoms with Crippen LogP contribution in [-0.4, -0.2) is 56.2 Å². The molecule has 4 heterocycles. The third kappa shape index (κ3) is 2.48. The van der Waals surface area contributed by atoms with Gasteiger partial charge in [0.05, 0.1) is 11.7 Å². The highest BCUT2D eigenvalue weighted by molar-refractivity contribution is 5.50. The number of aryl methyl sites for hydroxylation is 1. The summed E-state index contributed by atoms with van der Waals surface area (Å²) in [4.78, 5) is 4.47. The van der Waals surface area contributed by atoms with Crippen molar-refractivity contribution in [2.24, 2.45) is 0 Å². The fraction of sp³-hybridized carbons (Fsp3) is 0.471. The van der Waals surface area contributed by atoms with E-state index in [1.807, 2.05) is 35.7 Å². The van der Waals surface area contributed by atoms with E-state index in [0.717, 1.165) is 41.9 Å². The van der Waals surface area contributed by atoms with Crippen LogP contribution in [0.15, 0.2) is 24.3 Å². The Labute approximate surface area is 145 Å². The van der Waals surface area contributed by atoms with Gasteiger partial charge < -0.3 is 9.80 Å². The standard InChI is InChI=1S/C17H20N8/c1-11-3-6-14(19-18-11)23(2)13-9-24(10-13)16-8-7-15-20-21-17(12-4-5-12)25(15)22-16/h3,6-8,12-13H,4-5,9-10H2,1-2H3. The molecule has 0 amide bonds. The maximum atomic E-state index is 4.77. The first-order valence-corrected chi connectivity index (χ1v) is 8.69. The average Bonchev–Trinajstić information content (AvgIpc) is 3.33. The lowest BCUT2D eigenvalue weighted by Crippen LogP contribution is -2.59. The molecule has 0 spiro atoms. The SMILES string of the molecule is Cc1ccc(N(C)C2CN(c3ccc4nnc(C5CC5)n4n3)C2)nn1. The van der Waals surface area contributed by atoms with Gasteiger partial charge in [0, 0.05) is 26.1 Å². The van der Waals surface area contributed by atoms with Crippen LogP contribution in [0.4, 0.5) is 11.6 Å². The number of aromatic nitrogens is 6. The molecule has 0 bridgehead atoms. The van der Waals surface area contributed by atoms with Gasteiger partial charge in [0.25, 0.3) is 0 Å². The van der Waals surface area contributed by atoms with Crippen LogP contribution in [-0.2, 0) is 0 Å². The van der Waals surface area contributed by atoms with Crippen molar-refractivity contribution < 1.29 is 0 Å². The summed E-state index contributed by atoms with van der Waals surface area (Å²) in [5.41, 5.74) is 1.76. The van der Waals surface area contributed by atoms with Crippen LogP contribution < -0.4 is 9.80 Å². The third-order valence-corrected chi connectivity index (χ3v) is 5.09. The lowest BCUT2D eigenvalue weighted by atomic mass is 10.1. The molecule has 128 valence electrons. The second kappa shape index (κ2) is 5.37. The number of likely N-dealkylation sites (N-methyl/N-ethyl adjacent to an activating group) is 1. The van der Waals surface area contributed by atoms with Crippen LogP contribution in [0.25, 0.3) is 5.65 Å². The van der Waals surface area contributed by atoms with Crippen molar-refractivity contribution in [1.29, 1.82) is 0 Å². The van der Waals surface area contributed by atoms with Gasteiger partial charge in [-0.25, -0.2) is 0 Å². The zero-order chi connectivity index (χ0) is 17.0. The molecule has 2 fully saturated rings. The van der Waals surface area contributed by atoms with Crippen molar-refractivity contribution in [3.05, 3.63) is 35.8 Å². The molecule has 3 aromatic rings. The monoisotopic (exact) mass is 336 g/mol. The topological polar surface area (TPSA) is 75.3 Å². The summed E-state index contributed by atoms with van der Waals surface area (Å²) in [6.07, 6.45) is 2.39. The predicted molar refractivity (Wildman–Crippen MR) is 93.9 cm³/mol. The van der Waals surface area contributed by atoms with Gasteiger partial charge in [0.2, 0.25) is 0 Å². The molecule has 1 aliphatic carbocycles. The summed E-state index contributed by atoms with van der Waals surface area (Å²) in [7, 11) is 2.07. The van der Waals surface area contributed by atoms with E-state index in [2.05, 4.69) is 37.2 Å². The molecular weight excluding hydrogens is 316 g/mol. The maximum Gasteiger partial charge on any atom is 0.178 e. The number of hydrogen-bond donors (Lipinski definition) is 0. The Morgan fingerprint density at radius 2 is 1.84 bits per heavy atom. The first-order chi connectivity index (χ1) is 12.2. The highest BCUT2D eigenvalue weighted by Gasteiger charge is 2.33. The van der Waals surface area contributed by atoms with Crippen molar-refractivity contribution in [3.8, 4) is 0 Å². The molecule has 25 heavy (non-hydrogen) atoms. The molecule has 2 aliphatic rings. The molecule has 8 heteroatoms. The highest BCUT2D eigenvalue weighted by atomic mass is 15.4. The summed E-state index contributed by atoms with van der Waals surface area (Å²) < 4.78 is 1.91. The number of anilines is 2. The van der Waals surface area contributed by atoms with E-state index in [1.54, 1.807) is 0 Å². The molecule has 1 aliphatic heterocycles. The highest BCUT2D eigenvalue weighted by Crippen LogP contribution is 2.38. The predicted octanol–water partition coefficient (Wildman–Crippen LogP) is 1.43. The summed E-state index contributed by atoms with van der Waals surface area (Å²) in [5.74, 6) is 3.43. The van der Waals surface area contributed by atoms with Crippen LogP contribution in [0.5, 0.6) is 0 Å². The molecule has 5 rings (SSSR count). The van der Waals surface area contributed by atoms with Crippen LogP contribution >= 0.6 is 0 Å². The second-order valence-electron chi connectivity index (χ2n) is 7.00. The first-order valence-electron chi connectivity index (χ1n) is 8.69. The number of rotatable bonds is 4. The van der Waals surface area contributed by atoms with Gasteiger partial charge >= 0.3 is 0 Å². The van der Waals surface area contributed by atoms with Crippen molar-refractivity contribution in [2.45, 2.75) is 31.7 Å². The van der Waals surface area contributed by atoms with Gasteiger partial charge in [-0.15, -0.1) is 20.4 Å². The molecule has 3 aromatic heterocycles. The fourth-order valence-electron chi connectivity index (χ4n) is 3.21. The molecular formula is C17H20N8. The van der Waals surface area contributed by atoms with Gasteiger partial charge in [-0.05, 0) is 44.0 Å². The Hall–Kier alpha value is -2.77. The summed E-state index contributed by atoms with van der Waals surface area (Å²) >= 11 is 0. The minimum Gasteiger partial charge on any atom is -0.352 e. The van der Waals surface area contributed by atoms with Crippen molar-refractivity contribution >= 4 is 17.3 Å². The largest absolute Gasteiger partial charge is 0.352 e. The molecule has 1 saturated carbocycles. The quantitative estimate of drug-likeness (QED) is 0.713. The smallest absolute Gasteiger partial charge is 0.178 e. The van der Waals surface area contributed by atoms with Gasteiger partial charge in [-0.3, -0.25) is 0 Å². The third-order valence-electron chi connectivity index (χ3n) is 5.09. The Morgan fingerprint density at radius 1 is 1.00 bits per heavy atom. The normalized spacial score (nSPS) is 17.8. The lowest BCUT2D eigenvalue weighted by Gasteiger charge is -2.44. The molecule has 8 nitrogen and oxygen atoms in total. The second-order valence-corrected chi connectivity index (χ2v) is 7.00. The van der Waals surface area contributed by atoms with Crippen LogP contribution in [0.3, 0.4) is 0 Å². The minimum atomic E-state index is 0.415. The van der Waals surface area contributed by atoms with E-state index in [-0.39, 0.29) is 0 Å².